The summed E-state index contributed by atoms with van der Waals surface area (Å²) in [5.74, 6) is 0. The molecule has 0 aliphatic heterocycles. The Balaban J connectivity index is 3.47. The standard InChI is InChI=1S/C11H25NO2/c1-5-8-14-9-11(12-3)7-6-10(2)13-4/h10-12H,5-9H2,1-4H3. The SMILES string of the molecule is CCCOCC(CCC(C)OC)NC. The topological polar surface area (TPSA) is 30.5 Å². The normalized spacial score (nSPS) is 15.4. The van der Waals surface area contributed by atoms with E-state index in [1.165, 1.54) is 0 Å². The van der Waals surface area contributed by atoms with Gasteiger partial charge in [0.05, 0.1) is 12.7 Å². The fourth-order valence-electron chi connectivity index (χ4n) is 1.23. The monoisotopic (exact) mass is 203 g/mol. The molecule has 14 heavy (non-hydrogen) atoms. The minimum atomic E-state index is 0.344. The summed E-state index contributed by atoms with van der Waals surface area (Å²) in [5, 5.41) is 3.26. The number of hydrogen-bond acceptors (Lipinski definition) is 3. The Bertz CT molecular complexity index is 120. The van der Waals surface area contributed by atoms with Crippen LogP contribution in [-0.2, 0) is 9.47 Å². The molecule has 3 heteroatoms. The largest absolute Gasteiger partial charge is 0.382 e. The maximum absolute atomic E-state index is 5.50. The van der Waals surface area contributed by atoms with Crippen molar-refractivity contribution in [1.82, 2.24) is 5.32 Å². The summed E-state index contributed by atoms with van der Waals surface area (Å²) in [4.78, 5) is 0. The highest BCUT2D eigenvalue weighted by molar-refractivity contribution is 4.65. The van der Waals surface area contributed by atoms with E-state index < -0.39 is 0 Å². The predicted molar refractivity (Wildman–Crippen MR) is 59.7 cm³/mol. The van der Waals surface area contributed by atoms with Gasteiger partial charge >= 0.3 is 0 Å². The molecule has 1 N–H and O–H groups in total. The van der Waals surface area contributed by atoms with Crippen molar-refractivity contribution in [3.63, 3.8) is 0 Å². The molecule has 0 aliphatic carbocycles. The molecule has 2 atom stereocenters. The second-order valence-corrected chi connectivity index (χ2v) is 3.68. The highest BCUT2D eigenvalue weighted by Crippen LogP contribution is 2.04. The van der Waals surface area contributed by atoms with Crippen molar-refractivity contribution in [2.45, 2.75) is 45.3 Å². The van der Waals surface area contributed by atoms with Gasteiger partial charge in [0.25, 0.3) is 0 Å². The Morgan fingerprint density at radius 1 is 1.29 bits per heavy atom. The zero-order valence-electron chi connectivity index (χ0n) is 10.0. The van der Waals surface area contributed by atoms with Crippen molar-refractivity contribution >= 4 is 0 Å². The first-order chi connectivity index (χ1) is 6.74. The van der Waals surface area contributed by atoms with Crippen molar-refractivity contribution in [3.8, 4) is 0 Å². The third-order valence-electron chi connectivity index (χ3n) is 2.40. The van der Waals surface area contributed by atoms with E-state index in [2.05, 4.69) is 19.2 Å². The van der Waals surface area contributed by atoms with E-state index in [9.17, 15) is 0 Å². The maximum Gasteiger partial charge on any atom is 0.0619 e. The summed E-state index contributed by atoms with van der Waals surface area (Å²) in [6, 6.07) is 0.458. The van der Waals surface area contributed by atoms with Crippen LogP contribution in [0.15, 0.2) is 0 Å². The lowest BCUT2D eigenvalue weighted by Crippen LogP contribution is -2.31. The summed E-state index contributed by atoms with van der Waals surface area (Å²) in [5.41, 5.74) is 0. The zero-order valence-corrected chi connectivity index (χ0v) is 10.0. The van der Waals surface area contributed by atoms with Gasteiger partial charge in [-0.1, -0.05) is 6.92 Å². The number of methoxy groups -OCH3 is 1. The Labute approximate surface area is 88.2 Å². The van der Waals surface area contributed by atoms with Crippen molar-refractivity contribution in [2.75, 3.05) is 27.4 Å². The smallest absolute Gasteiger partial charge is 0.0619 e. The average Bonchev–Trinajstić information content (AvgIpc) is 2.22. The van der Waals surface area contributed by atoms with Gasteiger partial charge < -0.3 is 14.8 Å². The van der Waals surface area contributed by atoms with Crippen LogP contribution in [0.2, 0.25) is 0 Å². The molecule has 0 fully saturated rings. The minimum Gasteiger partial charge on any atom is -0.382 e. The van der Waals surface area contributed by atoms with Crippen molar-refractivity contribution in [2.24, 2.45) is 0 Å². The van der Waals surface area contributed by atoms with Crippen LogP contribution in [0.4, 0.5) is 0 Å². The predicted octanol–water partition coefficient (Wildman–Crippen LogP) is 1.82. The molecular formula is C11H25NO2. The van der Waals surface area contributed by atoms with Crippen LogP contribution < -0.4 is 5.32 Å². The fraction of sp³-hybridized carbons (Fsp3) is 1.00. The molecule has 0 spiro atoms. The number of ether oxygens (including phenoxy) is 2. The molecule has 86 valence electrons. The summed E-state index contributed by atoms with van der Waals surface area (Å²) in [6.07, 6.45) is 3.62. The molecule has 0 heterocycles. The number of rotatable bonds is 9. The number of hydrogen-bond donors (Lipinski definition) is 1. The molecule has 0 rings (SSSR count). The average molecular weight is 203 g/mol. The van der Waals surface area contributed by atoms with E-state index >= 15 is 0 Å². The maximum atomic E-state index is 5.50. The molecule has 0 aromatic rings. The van der Waals surface area contributed by atoms with Gasteiger partial charge in [0.2, 0.25) is 0 Å². The molecular weight excluding hydrogens is 178 g/mol. The third-order valence-corrected chi connectivity index (χ3v) is 2.40. The Morgan fingerprint density at radius 3 is 2.50 bits per heavy atom. The summed E-state index contributed by atoms with van der Waals surface area (Å²) < 4.78 is 10.7. The van der Waals surface area contributed by atoms with Gasteiger partial charge in [-0.3, -0.25) is 0 Å². The molecule has 2 unspecified atom stereocenters. The second-order valence-electron chi connectivity index (χ2n) is 3.68. The zero-order chi connectivity index (χ0) is 10.8. The van der Waals surface area contributed by atoms with Crippen LogP contribution in [0.1, 0.15) is 33.1 Å². The molecule has 0 aliphatic rings. The number of nitrogens with one attached hydrogen (secondary N) is 1. The number of likely N-dealkylation sites (N-methyl/N-ethyl adjacent to an activating group) is 1. The highest BCUT2D eigenvalue weighted by atomic mass is 16.5. The van der Waals surface area contributed by atoms with Gasteiger partial charge in [-0.2, -0.15) is 0 Å². The molecule has 3 nitrogen and oxygen atoms in total. The molecule has 0 radical (unpaired) electrons. The first-order valence-corrected chi connectivity index (χ1v) is 5.52. The third kappa shape index (κ3) is 7.30. The molecule has 0 bridgehead atoms. The Morgan fingerprint density at radius 2 is 2.00 bits per heavy atom. The lowest BCUT2D eigenvalue weighted by molar-refractivity contribution is 0.0866. The quantitative estimate of drug-likeness (QED) is 0.580. The molecule has 0 aromatic heterocycles. The lowest BCUT2D eigenvalue weighted by Gasteiger charge is -2.18. The molecule has 0 amide bonds. The molecule has 0 aromatic carbocycles. The Hall–Kier alpha value is -0.120. The van der Waals surface area contributed by atoms with Crippen LogP contribution in [0.3, 0.4) is 0 Å². The lowest BCUT2D eigenvalue weighted by atomic mass is 10.1. The summed E-state index contributed by atoms with van der Waals surface area (Å²) in [7, 11) is 3.74. The van der Waals surface area contributed by atoms with Crippen molar-refractivity contribution in [1.29, 1.82) is 0 Å². The first kappa shape index (κ1) is 13.9. The van der Waals surface area contributed by atoms with Gasteiger partial charge in [0, 0.05) is 19.8 Å². The van der Waals surface area contributed by atoms with Gasteiger partial charge in [0.1, 0.15) is 0 Å². The van der Waals surface area contributed by atoms with E-state index in [-0.39, 0.29) is 0 Å². The fourth-order valence-corrected chi connectivity index (χ4v) is 1.23. The summed E-state index contributed by atoms with van der Waals surface area (Å²) >= 11 is 0. The van der Waals surface area contributed by atoms with Gasteiger partial charge in [-0.05, 0) is 33.2 Å². The van der Waals surface area contributed by atoms with Crippen LogP contribution in [0.5, 0.6) is 0 Å². The first-order valence-electron chi connectivity index (χ1n) is 5.52. The second kappa shape index (κ2) is 9.44. The Kier molecular flexibility index (Phi) is 9.35. The van der Waals surface area contributed by atoms with Gasteiger partial charge in [0.15, 0.2) is 0 Å². The highest BCUT2D eigenvalue weighted by Gasteiger charge is 2.08. The molecule has 0 saturated carbocycles. The van der Waals surface area contributed by atoms with Crippen LogP contribution in [0, 0.1) is 0 Å². The minimum absolute atomic E-state index is 0.344. The molecule has 0 saturated heterocycles. The van der Waals surface area contributed by atoms with Gasteiger partial charge in [-0.15, -0.1) is 0 Å². The van der Waals surface area contributed by atoms with Crippen LogP contribution in [0.25, 0.3) is 0 Å². The van der Waals surface area contributed by atoms with Crippen LogP contribution >= 0.6 is 0 Å². The van der Waals surface area contributed by atoms with Crippen molar-refractivity contribution in [3.05, 3.63) is 0 Å². The summed E-state index contributed by atoms with van der Waals surface area (Å²) in [6.45, 7) is 5.89. The van der Waals surface area contributed by atoms with E-state index in [0.29, 0.717) is 12.1 Å². The van der Waals surface area contributed by atoms with Gasteiger partial charge in [-0.25, -0.2) is 0 Å². The van der Waals surface area contributed by atoms with Crippen molar-refractivity contribution < 1.29 is 9.47 Å². The van der Waals surface area contributed by atoms with E-state index in [1.54, 1.807) is 7.11 Å². The van der Waals surface area contributed by atoms with E-state index in [4.69, 9.17) is 9.47 Å². The van der Waals surface area contributed by atoms with E-state index in [1.807, 2.05) is 7.05 Å². The van der Waals surface area contributed by atoms with E-state index in [0.717, 1.165) is 32.5 Å². The van der Waals surface area contributed by atoms with Crippen LogP contribution in [-0.4, -0.2) is 39.5 Å².